The van der Waals surface area contributed by atoms with Gasteiger partial charge in [0.05, 0.1) is 22.2 Å². The van der Waals surface area contributed by atoms with E-state index >= 15 is 17.6 Å². The Balaban J connectivity index is 0.758. The van der Waals surface area contributed by atoms with E-state index in [4.69, 9.17) is 0 Å². The quantitative estimate of drug-likeness (QED) is 0.141. The Hall–Kier alpha value is -10.7. The van der Waals surface area contributed by atoms with Crippen molar-refractivity contribution < 1.29 is 17.6 Å². The van der Waals surface area contributed by atoms with Gasteiger partial charge in [0.2, 0.25) is 0 Å². The van der Waals surface area contributed by atoms with Crippen molar-refractivity contribution in [2.24, 2.45) is 0 Å². The van der Waals surface area contributed by atoms with Gasteiger partial charge in [0.1, 0.15) is 23.3 Å². The zero-order valence-corrected chi connectivity index (χ0v) is 66.6. The van der Waals surface area contributed by atoms with E-state index in [0.29, 0.717) is 0 Å². The second kappa shape index (κ2) is 23.5. The molecule has 4 aliphatic carbocycles. The number of rotatable bonds is 8. The van der Waals surface area contributed by atoms with E-state index in [1.807, 2.05) is 24.3 Å². The lowest BCUT2D eigenvalue weighted by molar-refractivity contribution is 0.195. The van der Waals surface area contributed by atoms with Crippen LogP contribution >= 0.6 is 0 Å². The largest absolute Gasteiger partial charge is 0.334 e. The van der Waals surface area contributed by atoms with Gasteiger partial charge in [0, 0.05) is 67.2 Å². The van der Waals surface area contributed by atoms with E-state index in [1.54, 1.807) is 48.5 Å². The Labute approximate surface area is 665 Å². The van der Waals surface area contributed by atoms with Gasteiger partial charge in [-0.1, -0.05) is 176 Å². The van der Waals surface area contributed by atoms with Crippen molar-refractivity contribution in [1.29, 1.82) is 0 Å². The molecule has 0 aromatic heterocycles. The van der Waals surface area contributed by atoms with Crippen molar-refractivity contribution in [3.05, 3.63) is 276 Å². The minimum Gasteiger partial charge on any atom is -0.334 e. The van der Waals surface area contributed by atoms with Crippen molar-refractivity contribution in [2.45, 2.75) is 202 Å². The third kappa shape index (κ3) is 8.75. The zero-order valence-electron chi connectivity index (χ0n) is 66.6. The fourth-order valence-electron chi connectivity index (χ4n) is 26.0. The van der Waals surface area contributed by atoms with E-state index in [1.165, 1.54) is 131 Å². The highest BCUT2D eigenvalue weighted by Gasteiger charge is 2.62. The van der Waals surface area contributed by atoms with Gasteiger partial charge < -0.3 is 19.6 Å². The molecule has 4 fully saturated rings. The molecule has 4 saturated carbocycles. The highest BCUT2D eigenvalue weighted by atomic mass is 19.1. The SMILES string of the molecule is CC12CCCCC1(C)N(c1cccc(F)c1)c1ccc(-c3ccc4c5cc6c(cc5c5ccc(-c7ccc8c(c7)C7(C)CCCCC7(C)N8c7cccc(F)c7)c3c45)c3ccc(-c4ccc5c(c4)C4(C)CCCCC4(C)N5c4cccc(F)c4)c4c(-c5ccc7c(c5)C5(C)CCCCC5(C)N7c5cccc(F)c5)ccc6c43)cc12. The molecule has 4 nitrogen and oxygen atoms in total. The third-order valence-corrected chi connectivity index (χ3v) is 32.6. The standard InChI is InChI=1S/C106H94F4N4/c1-99-45-9-13-49-103(99,5)111(71-25-17-21-67(107)57-71)91-41-29-63(53-87(91)99)75-33-37-79-83-61-85-81-39-35-77(65-31-43-93-89(55-65)101(3)47-11-15-51-105(101,7)113(93)73-27-19-23-69(109)59-73)96-78(66-32-44-94-90(56-66)102(4)48-12-16-52-106(102,8)114(94)74-28-20-24-70(110)60-74)36-40-82(98(81)96)86(85)62-84(83)80-38-34-76(95(75)97(79)80)64-30-42-92-88(54-64)100(2)46-10-14-50-104(100,6)112(92)72-26-18-22-68(108)58-72/h17-44,53-62H,9-16,45-52H2,1-8H3. The number of nitrogens with zero attached hydrogens (tertiary/aromatic N) is 4. The monoisotopic (exact) mass is 1500 g/mol. The highest BCUT2D eigenvalue weighted by Crippen LogP contribution is 2.68. The number of hydrogen-bond donors (Lipinski definition) is 0. The minimum atomic E-state index is -0.270. The van der Waals surface area contributed by atoms with Crippen LogP contribution in [0.15, 0.2) is 231 Å². The summed E-state index contributed by atoms with van der Waals surface area (Å²) >= 11 is 0. The molecule has 8 aliphatic rings. The smallest absolute Gasteiger partial charge is 0.125 e. The summed E-state index contributed by atoms with van der Waals surface area (Å²) in [7, 11) is 0. The van der Waals surface area contributed by atoms with Crippen LogP contribution in [0.25, 0.3) is 109 Å². The van der Waals surface area contributed by atoms with Gasteiger partial charge in [0.25, 0.3) is 0 Å². The van der Waals surface area contributed by atoms with Gasteiger partial charge in [-0.3, -0.25) is 0 Å². The molecule has 0 radical (unpaired) electrons. The molecular weight excluding hydrogens is 1410 g/mol. The predicted molar refractivity (Wildman–Crippen MR) is 467 cm³/mol. The van der Waals surface area contributed by atoms with Gasteiger partial charge in [0.15, 0.2) is 0 Å². The fourth-order valence-corrected chi connectivity index (χ4v) is 26.0. The molecule has 0 saturated heterocycles. The maximum atomic E-state index is 15.5. The Morgan fingerprint density at radius 3 is 0.675 bits per heavy atom. The lowest BCUT2D eigenvalue weighted by Crippen LogP contribution is -2.54. The summed E-state index contributed by atoms with van der Waals surface area (Å²) in [6.07, 6.45) is 17.2. The Morgan fingerprint density at radius 1 is 0.219 bits per heavy atom. The van der Waals surface area contributed by atoms with Gasteiger partial charge in [-0.2, -0.15) is 0 Å². The van der Waals surface area contributed by atoms with Gasteiger partial charge >= 0.3 is 0 Å². The molecular formula is C106H94F4N4. The van der Waals surface area contributed by atoms with Crippen molar-refractivity contribution in [3.8, 4) is 44.5 Å². The molecule has 114 heavy (non-hydrogen) atoms. The maximum Gasteiger partial charge on any atom is 0.125 e. The maximum absolute atomic E-state index is 15.5. The molecule has 15 aromatic carbocycles. The third-order valence-electron chi connectivity index (χ3n) is 32.6. The van der Waals surface area contributed by atoms with Crippen LogP contribution in [0, 0.1) is 23.3 Å². The molecule has 0 amide bonds. The summed E-state index contributed by atoms with van der Waals surface area (Å²) in [5, 5.41) is 14.8. The molecule has 0 bridgehead atoms. The first-order valence-corrected chi connectivity index (χ1v) is 42.3. The summed E-state index contributed by atoms with van der Waals surface area (Å²) in [5.74, 6) is -0.890. The number of hydrogen-bond acceptors (Lipinski definition) is 4. The zero-order chi connectivity index (χ0) is 77.3. The molecule has 566 valence electrons. The Kier molecular flexibility index (Phi) is 14.2. The van der Waals surface area contributed by atoms with E-state index < -0.39 is 0 Å². The summed E-state index contributed by atoms with van der Waals surface area (Å²) in [4.78, 5) is 9.91. The van der Waals surface area contributed by atoms with Crippen LogP contribution in [0.1, 0.15) is 180 Å². The molecule has 4 heterocycles. The number of benzene rings is 13. The van der Waals surface area contributed by atoms with E-state index in [0.717, 1.165) is 148 Å². The normalized spacial score (nSPS) is 26.8. The second-order valence-corrected chi connectivity index (χ2v) is 37.5. The van der Waals surface area contributed by atoms with Crippen molar-refractivity contribution in [3.63, 3.8) is 0 Å². The first kappa shape index (κ1) is 68.9. The van der Waals surface area contributed by atoms with Crippen molar-refractivity contribution in [1.82, 2.24) is 0 Å². The first-order chi connectivity index (χ1) is 55.1. The van der Waals surface area contributed by atoms with E-state index in [9.17, 15) is 0 Å². The summed E-state index contributed by atoms with van der Waals surface area (Å²) < 4.78 is 62.0. The van der Waals surface area contributed by atoms with Crippen molar-refractivity contribution >= 4 is 110 Å². The van der Waals surface area contributed by atoms with Crippen LogP contribution in [0.3, 0.4) is 0 Å². The number of anilines is 8. The number of halogens is 4. The Morgan fingerprint density at radius 2 is 0.447 bits per heavy atom. The van der Waals surface area contributed by atoms with Crippen LogP contribution in [-0.2, 0) is 21.7 Å². The van der Waals surface area contributed by atoms with E-state index in [-0.39, 0.29) is 67.1 Å². The molecule has 23 rings (SSSR count). The van der Waals surface area contributed by atoms with Crippen LogP contribution in [0.4, 0.5) is 63.1 Å². The highest BCUT2D eigenvalue weighted by molar-refractivity contribution is 6.40. The van der Waals surface area contributed by atoms with E-state index in [2.05, 4.69) is 233 Å². The molecule has 0 N–H and O–H groups in total. The average molecular weight is 1500 g/mol. The molecule has 8 unspecified atom stereocenters. The molecule has 15 aromatic rings. The first-order valence-electron chi connectivity index (χ1n) is 42.3. The number of fused-ring (bicyclic) bond motifs is 18. The lowest BCUT2D eigenvalue weighted by atomic mass is 9.61. The molecule has 8 atom stereocenters. The molecule has 4 aliphatic heterocycles. The average Bonchev–Trinajstić information content (AvgIpc) is 1.53. The fraction of sp³-hybridized carbons (Fsp3) is 0.302. The van der Waals surface area contributed by atoms with Crippen LogP contribution in [-0.4, -0.2) is 22.2 Å². The Bertz CT molecular complexity index is 5890. The molecule has 0 spiro atoms. The molecule has 8 heteroatoms. The van der Waals surface area contributed by atoms with Gasteiger partial charge in [-0.25, -0.2) is 17.6 Å². The summed E-state index contributed by atoms with van der Waals surface area (Å²) in [5.41, 5.74) is 21.1. The lowest BCUT2D eigenvalue weighted by Gasteiger charge is -2.50. The van der Waals surface area contributed by atoms with Gasteiger partial charge in [-0.15, -0.1) is 0 Å². The topological polar surface area (TPSA) is 13.0 Å². The summed E-state index contributed by atoms with van der Waals surface area (Å²) in [6.45, 7) is 19.6. The van der Waals surface area contributed by atoms with Crippen LogP contribution < -0.4 is 19.6 Å². The van der Waals surface area contributed by atoms with Crippen molar-refractivity contribution in [2.75, 3.05) is 19.6 Å². The van der Waals surface area contributed by atoms with Crippen LogP contribution in [0.5, 0.6) is 0 Å². The minimum absolute atomic E-state index is 0.207. The van der Waals surface area contributed by atoms with Crippen LogP contribution in [0.2, 0.25) is 0 Å². The second-order valence-electron chi connectivity index (χ2n) is 37.5. The predicted octanol–water partition coefficient (Wildman–Crippen LogP) is 29.7. The van der Waals surface area contributed by atoms with Gasteiger partial charge in [-0.05, 0) is 344 Å². The summed E-state index contributed by atoms with van der Waals surface area (Å²) in [6, 6.07) is 82.3.